The van der Waals surface area contributed by atoms with Crippen LogP contribution in [0, 0.1) is 0 Å². The Bertz CT molecular complexity index is 515. The maximum atomic E-state index is 5.53. The lowest BCUT2D eigenvalue weighted by Gasteiger charge is -2.01. The van der Waals surface area contributed by atoms with Crippen molar-refractivity contribution < 1.29 is 9.26 Å². The van der Waals surface area contributed by atoms with Crippen LogP contribution in [0.5, 0.6) is 0 Å². The first-order valence-corrected chi connectivity index (χ1v) is 6.10. The molecule has 0 amide bonds. The van der Waals surface area contributed by atoms with Crippen molar-refractivity contribution in [2.75, 3.05) is 19.0 Å². The second kappa shape index (κ2) is 4.78. The van der Waals surface area contributed by atoms with Crippen LogP contribution < -0.4 is 5.32 Å². The van der Waals surface area contributed by atoms with Crippen LogP contribution in [-0.2, 0) is 4.74 Å². The molecular formula is C13H15N3O2. The molecule has 1 aliphatic heterocycles. The molecular weight excluding hydrogens is 230 g/mol. The number of hydrogen-bond donors (Lipinski definition) is 1. The van der Waals surface area contributed by atoms with Crippen molar-refractivity contribution in [3.8, 4) is 11.5 Å². The Labute approximate surface area is 105 Å². The molecule has 1 fully saturated rings. The highest BCUT2D eigenvalue weighted by Gasteiger charge is 2.23. The maximum Gasteiger partial charge on any atom is 0.258 e. The van der Waals surface area contributed by atoms with Gasteiger partial charge in [0.1, 0.15) is 6.10 Å². The average molecular weight is 245 g/mol. The smallest absolute Gasteiger partial charge is 0.258 e. The number of anilines is 1. The molecule has 5 heteroatoms. The molecule has 0 aliphatic carbocycles. The van der Waals surface area contributed by atoms with Crippen molar-refractivity contribution in [3.05, 3.63) is 30.1 Å². The van der Waals surface area contributed by atoms with Gasteiger partial charge in [0.05, 0.1) is 0 Å². The lowest BCUT2D eigenvalue weighted by atomic mass is 10.2. The Kier molecular flexibility index (Phi) is 2.98. The molecule has 1 N–H and O–H groups in total. The molecule has 1 aromatic carbocycles. The highest BCUT2D eigenvalue weighted by Crippen LogP contribution is 2.28. The van der Waals surface area contributed by atoms with Gasteiger partial charge in [-0.15, -0.1) is 0 Å². The predicted molar refractivity (Wildman–Crippen MR) is 67.2 cm³/mol. The normalized spacial score (nSPS) is 19.1. The first-order chi connectivity index (χ1) is 8.86. The molecule has 5 nitrogen and oxygen atoms in total. The van der Waals surface area contributed by atoms with Gasteiger partial charge < -0.3 is 14.6 Å². The number of benzene rings is 1. The van der Waals surface area contributed by atoms with E-state index in [0.717, 1.165) is 30.7 Å². The number of rotatable bonds is 3. The van der Waals surface area contributed by atoms with Gasteiger partial charge in [0, 0.05) is 24.9 Å². The third-order valence-electron chi connectivity index (χ3n) is 3.08. The van der Waals surface area contributed by atoms with Crippen LogP contribution in [0.2, 0.25) is 0 Å². The van der Waals surface area contributed by atoms with Crippen molar-refractivity contribution in [1.29, 1.82) is 0 Å². The molecule has 0 saturated carbocycles. The zero-order valence-corrected chi connectivity index (χ0v) is 10.2. The van der Waals surface area contributed by atoms with Crippen LogP contribution in [0.1, 0.15) is 24.8 Å². The summed E-state index contributed by atoms with van der Waals surface area (Å²) >= 11 is 0. The second-order valence-electron chi connectivity index (χ2n) is 4.29. The van der Waals surface area contributed by atoms with E-state index in [1.165, 1.54) is 0 Å². The van der Waals surface area contributed by atoms with Gasteiger partial charge >= 0.3 is 0 Å². The van der Waals surface area contributed by atoms with Crippen molar-refractivity contribution >= 4 is 5.69 Å². The predicted octanol–water partition coefficient (Wildman–Crippen LogP) is 2.63. The van der Waals surface area contributed by atoms with Crippen molar-refractivity contribution in [1.82, 2.24) is 10.1 Å². The lowest BCUT2D eigenvalue weighted by Crippen LogP contribution is -1.97. The molecule has 3 rings (SSSR count). The van der Waals surface area contributed by atoms with E-state index in [1.54, 1.807) is 0 Å². The van der Waals surface area contributed by atoms with Gasteiger partial charge in [-0.05, 0) is 37.1 Å². The quantitative estimate of drug-likeness (QED) is 0.900. The summed E-state index contributed by atoms with van der Waals surface area (Å²) in [6.45, 7) is 0.783. The molecule has 1 atom stereocenters. The fraction of sp³-hybridized carbons (Fsp3) is 0.385. The largest absolute Gasteiger partial charge is 0.388 e. The van der Waals surface area contributed by atoms with Gasteiger partial charge in [-0.3, -0.25) is 0 Å². The summed E-state index contributed by atoms with van der Waals surface area (Å²) in [5.74, 6) is 1.20. The van der Waals surface area contributed by atoms with E-state index in [1.807, 2.05) is 31.3 Å². The van der Waals surface area contributed by atoms with Gasteiger partial charge in [0.2, 0.25) is 5.82 Å². The second-order valence-corrected chi connectivity index (χ2v) is 4.29. The Morgan fingerprint density at radius 3 is 2.78 bits per heavy atom. The molecule has 0 spiro atoms. The summed E-state index contributed by atoms with van der Waals surface area (Å²) in [5, 5.41) is 7.06. The van der Waals surface area contributed by atoms with Gasteiger partial charge in [-0.25, -0.2) is 0 Å². The summed E-state index contributed by atoms with van der Waals surface area (Å²) in [7, 11) is 1.89. The molecule has 0 bridgehead atoms. The highest BCUT2D eigenvalue weighted by molar-refractivity contribution is 5.58. The molecule has 18 heavy (non-hydrogen) atoms. The SMILES string of the molecule is CNc1ccc(-c2nc(C3CCCO3)no2)cc1. The summed E-state index contributed by atoms with van der Waals surface area (Å²) in [6.07, 6.45) is 2.03. The van der Waals surface area contributed by atoms with Crippen LogP contribution in [0.15, 0.2) is 28.8 Å². The van der Waals surface area contributed by atoms with E-state index >= 15 is 0 Å². The van der Waals surface area contributed by atoms with Crippen molar-refractivity contribution in [3.63, 3.8) is 0 Å². The molecule has 2 aromatic rings. The standard InChI is InChI=1S/C13H15N3O2/c1-14-10-6-4-9(5-7-10)13-15-12(16-18-13)11-3-2-8-17-11/h4-7,11,14H,2-3,8H2,1H3. The van der Waals surface area contributed by atoms with E-state index in [2.05, 4.69) is 15.5 Å². The molecule has 94 valence electrons. The topological polar surface area (TPSA) is 60.2 Å². The van der Waals surface area contributed by atoms with E-state index in [9.17, 15) is 0 Å². The Morgan fingerprint density at radius 2 is 2.11 bits per heavy atom. The maximum absolute atomic E-state index is 5.53. The van der Waals surface area contributed by atoms with Crippen LogP contribution in [0.3, 0.4) is 0 Å². The summed E-state index contributed by atoms with van der Waals surface area (Å²) in [6, 6.07) is 7.87. The van der Waals surface area contributed by atoms with Crippen LogP contribution >= 0.6 is 0 Å². The minimum atomic E-state index is -0.000850. The van der Waals surface area contributed by atoms with Crippen molar-refractivity contribution in [2.45, 2.75) is 18.9 Å². The Hall–Kier alpha value is -1.88. The van der Waals surface area contributed by atoms with Gasteiger partial charge in [0.25, 0.3) is 5.89 Å². The van der Waals surface area contributed by atoms with Gasteiger partial charge in [-0.1, -0.05) is 5.16 Å². The van der Waals surface area contributed by atoms with Crippen molar-refractivity contribution in [2.24, 2.45) is 0 Å². The minimum Gasteiger partial charge on any atom is -0.388 e. The van der Waals surface area contributed by atoms with Gasteiger partial charge in [0.15, 0.2) is 0 Å². The third kappa shape index (κ3) is 2.09. The number of hydrogen-bond acceptors (Lipinski definition) is 5. The molecule has 2 heterocycles. The Morgan fingerprint density at radius 1 is 1.28 bits per heavy atom. The molecule has 1 saturated heterocycles. The number of nitrogens with zero attached hydrogens (tertiary/aromatic N) is 2. The van der Waals surface area contributed by atoms with E-state index in [-0.39, 0.29) is 6.10 Å². The highest BCUT2D eigenvalue weighted by atomic mass is 16.5. The van der Waals surface area contributed by atoms with E-state index < -0.39 is 0 Å². The van der Waals surface area contributed by atoms with Gasteiger partial charge in [-0.2, -0.15) is 4.98 Å². The monoisotopic (exact) mass is 245 g/mol. The minimum absolute atomic E-state index is 0.000850. The van der Waals surface area contributed by atoms with E-state index in [0.29, 0.717) is 11.7 Å². The zero-order chi connectivity index (χ0) is 12.4. The summed E-state index contributed by atoms with van der Waals surface area (Å²) in [5.41, 5.74) is 1.98. The van der Waals surface area contributed by atoms with E-state index in [4.69, 9.17) is 9.26 Å². The third-order valence-corrected chi connectivity index (χ3v) is 3.08. The summed E-state index contributed by atoms with van der Waals surface area (Å²) in [4.78, 5) is 4.39. The molecule has 0 radical (unpaired) electrons. The lowest BCUT2D eigenvalue weighted by molar-refractivity contribution is 0.103. The molecule has 1 unspecified atom stereocenters. The zero-order valence-electron chi connectivity index (χ0n) is 10.2. The number of nitrogens with one attached hydrogen (secondary N) is 1. The number of aromatic nitrogens is 2. The fourth-order valence-electron chi connectivity index (χ4n) is 2.04. The number of ether oxygens (including phenoxy) is 1. The first kappa shape index (κ1) is 11.2. The average Bonchev–Trinajstić information content (AvgIpc) is 3.09. The van der Waals surface area contributed by atoms with Crippen LogP contribution in [0.25, 0.3) is 11.5 Å². The summed E-state index contributed by atoms with van der Waals surface area (Å²) < 4.78 is 10.8. The fourth-order valence-corrected chi connectivity index (χ4v) is 2.04. The van der Waals surface area contributed by atoms with Crippen LogP contribution in [0.4, 0.5) is 5.69 Å². The van der Waals surface area contributed by atoms with Crippen LogP contribution in [-0.4, -0.2) is 23.8 Å². The Balaban J connectivity index is 1.82. The molecule has 1 aromatic heterocycles. The first-order valence-electron chi connectivity index (χ1n) is 6.10. The molecule has 1 aliphatic rings.